The Morgan fingerprint density at radius 2 is 1.78 bits per heavy atom. The van der Waals surface area contributed by atoms with Gasteiger partial charge in [-0.2, -0.15) is 13.2 Å². The zero-order valence-corrected chi connectivity index (χ0v) is 14.8. The minimum absolute atomic E-state index is 0.0447. The van der Waals surface area contributed by atoms with Crippen molar-refractivity contribution in [1.29, 1.82) is 0 Å². The number of thioether (sulfide) groups is 1. The summed E-state index contributed by atoms with van der Waals surface area (Å²) < 4.78 is 40.3. The molecule has 1 N–H and O–H groups in total. The second-order valence-electron chi connectivity index (χ2n) is 5.48. The van der Waals surface area contributed by atoms with Gasteiger partial charge in [-0.1, -0.05) is 35.5 Å². The summed E-state index contributed by atoms with van der Waals surface area (Å²) in [5, 5.41) is 10.0. The molecule has 0 atom stereocenters. The molecule has 0 fully saturated rings. The molecule has 0 bridgehead atoms. The number of para-hydroxylation sites is 1. The predicted molar refractivity (Wildman–Crippen MR) is 95.9 cm³/mol. The highest BCUT2D eigenvalue weighted by molar-refractivity contribution is 7.99. The van der Waals surface area contributed by atoms with Crippen LogP contribution in [0, 0.1) is 0 Å². The number of amides is 1. The number of nitrogens with one attached hydrogen (secondary N) is 1. The van der Waals surface area contributed by atoms with E-state index in [-0.39, 0.29) is 11.4 Å². The third-order valence-electron chi connectivity index (χ3n) is 3.58. The molecule has 1 aromatic heterocycles. The van der Waals surface area contributed by atoms with Gasteiger partial charge in [-0.3, -0.25) is 4.79 Å². The molecule has 9 heteroatoms. The quantitative estimate of drug-likeness (QED) is 0.512. The van der Waals surface area contributed by atoms with E-state index in [1.54, 1.807) is 11.8 Å². The maximum absolute atomic E-state index is 13.1. The van der Waals surface area contributed by atoms with E-state index < -0.39 is 17.6 Å². The molecule has 1 heterocycles. The van der Waals surface area contributed by atoms with Crippen molar-refractivity contribution in [2.24, 2.45) is 0 Å². The van der Waals surface area contributed by atoms with Crippen LogP contribution in [0.25, 0.3) is 5.69 Å². The molecular weight excluding hydrogens is 377 g/mol. The zero-order chi connectivity index (χ0) is 19.3. The van der Waals surface area contributed by atoms with Crippen LogP contribution in [-0.4, -0.2) is 33.2 Å². The van der Waals surface area contributed by atoms with Crippen molar-refractivity contribution in [2.75, 3.05) is 12.3 Å². The molecule has 5 nitrogen and oxygen atoms in total. The van der Waals surface area contributed by atoms with Crippen LogP contribution in [-0.2, 0) is 6.18 Å². The fraction of sp³-hybridized carbons (Fsp3) is 0.167. The van der Waals surface area contributed by atoms with E-state index >= 15 is 0 Å². The average Bonchev–Trinajstić information content (AvgIpc) is 3.15. The first-order chi connectivity index (χ1) is 12.9. The van der Waals surface area contributed by atoms with Gasteiger partial charge in [0.1, 0.15) is 0 Å². The minimum Gasteiger partial charge on any atom is -0.350 e. The highest BCUT2D eigenvalue weighted by Gasteiger charge is 2.34. The van der Waals surface area contributed by atoms with Crippen LogP contribution >= 0.6 is 11.8 Å². The molecule has 0 spiro atoms. The monoisotopic (exact) mass is 392 g/mol. The minimum atomic E-state index is -4.53. The molecular formula is C18H15F3N4OS. The molecule has 140 valence electrons. The fourth-order valence-corrected chi connectivity index (χ4v) is 3.13. The first kappa shape index (κ1) is 19.0. The second kappa shape index (κ2) is 8.26. The van der Waals surface area contributed by atoms with Crippen molar-refractivity contribution in [3.63, 3.8) is 0 Å². The Balaban J connectivity index is 1.62. The van der Waals surface area contributed by atoms with Gasteiger partial charge in [-0.15, -0.1) is 16.9 Å². The summed E-state index contributed by atoms with van der Waals surface area (Å²) in [5.41, 5.74) is -1.08. The number of hydrogen-bond acceptors (Lipinski definition) is 4. The number of aromatic nitrogens is 3. The highest BCUT2D eigenvalue weighted by atomic mass is 32.2. The van der Waals surface area contributed by atoms with Crippen molar-refractivity contribution in [1.82, 2.24) is 20.3 Å². The molecule has 27 heavy (non-hydrogen) atoms. The van der Waals surface area contributed by atoms with Gasteiger partial charge in [0.05, 0.1) is 17.4 Å². The van der Waals surface area contributed by atoms with Crippen LogP contribution in [0.3, 0.4) is 0 Å². The Bertz CT molecular complexity index is 912. The van der Waals surface area contributed by atoms with E-state index in [9.17, 15) is 18.0 Å². The van der Waals surface area contributed by atoms with Crippen molar-refractivity contribution >= 4 is 17.7 Å². The van der Waals surface area contributed by atoms with Gasteiger partial charge in [-0.25, -0.2) is 4.68 Å². The van der Waals surface area contributed by atoms with Gasteiger partial charge >= 0.3 is 6.18 Å². The number of halogens is 3. The summed E-state index contributed by atoms with van der Waals surface area (Å²) in [6.45, 7) is 0.393. The molecule has 0 saturated carbocycles. The molecule has 1 amide bonds. The zero-order valence-electron chi connectivity index (χ0n) is 14.0. The number of carbonyl (C=O) groups excluding carboxylic acids is 1. The molecule has 0 aliphatic rings. The van der Waals surface area contributed by atoms with Gasteiger partial charge in [0, 0.05) is 17.2 Å². The van der Waals surface area contributed by atoms with E-state index in [4.69, 9.17) is 0 Å². The topological polar surface area (TPSA) is 59.8 Å². The first-order valence-electron chi connectivity index (χ1n) is 8.00. The Kier molecular flexibility index (Phi) is 5.80. The van der Waals surface area contributed by atoms with Crippen molar-refractivity contribution in [3.8, 4) is 5.69 Å². The molecule has 0 unspecified atom stereocenters. The Morgan fingerprint density at radius 3 is 2.52 bits per heavy atom. The van der Waals surface area contributed by atoms with E-state index in [2.05, 4.69) is 15.6 Å². The normalized spacial score (nSPS) is 11.4. The molecule has 0 aliphatic heterocycles. The predicted octanol–water partition coefficient (Wildman–Crippen LogP) is 3.81. The van der Waals surface area contributed by atoms with Gasteiger partial charge in [0.2, 0.25) is 0 Å². The summed E-state index contributed by atoms with van der Waals surface area (Å²) >= 11 is 1.58. The number of hydrogen-bond donors (Lipinski definition) is 1. The summed E-state index contributed by atoms with van der Waals surface area (Å²) in [5.74, 6) is 0.167. The average molecular weight is 392 g/mol. The lowest BCUT2D eigenvalue weighted by Crippen LogP contribution is -2.26. The van der Waals surface area contributed by atoms with Gasteiger partial charge in [-0.05, 0) is 24.3 Å². The van der Waals surface area contributed by atoms with Crippen LogP contribution in [0.2, 0.25) is 0 Å². The molecule has 0 saturated heterocycles. The Labute approximate surface area is 157 Å². The smallest absolute Gasteiger partial charge is 0.350 e. The lowest BCUT2D eigenvalue weighted by molar-refractivity contribution is -0.137. The molecule has 3 aromatic rings. The van der Waals surface area contributed by atoms with Crippen molar-refractivity contribution in [3.05, 3.63) is 72.1 Å². The number of benzene rings is 2. The van der Waals surface area contributed by atoms with Crippen LogP contribution in [0.4, 0.5) is 13.2 Å². The van der Waals surface area contributed by atoms with Crippen LogP contribution in [0.1, 0.15) is 16.1 Å². The standard InChI is InChI=1S/C18H15F3N4OS/c19-18(20,21)14-8-4-5-9-16(14)25-12-15(23-24-25)17(26)22-10-11-27-13-6-2-1-3-7-13/h1-9,12H,10-11H2,(H,22,26). The molecule has 3 rings (SSSR count). The number of alkyl halides is 3. The maximum atomic E-state index is 13.1. The summed E-state index contributed by atoms with van der Waals surface area (Å²) in [7, 11) is 0. The van der Waals surface area contributed by atoms with Crippen LogP contribution < -0.4 is 5.32 Å². The summed E-state index contributed by atoms with van der Waals surface area (Å²) in [6.07, 6.45) is -3.34. The maximum Gasteiger partial charge on any atom is 0.418 e. The SMILES string of the molecule is O=C(NCCSc1ccccc1)c1cn(-c2ccccc2C(F)(F)F)nn1. The third kappa shape index (κ3) is 4.88. The van der Waals surface area contributed by atoms with E-state index in [1.807, 2.05) is 30.3 Å². The number of rotatable bonds is 6. The summed E-state index contributed by atoms with van der Waals surface area (Å²) in [6, 6.07) is 14.7. The second-order valence-corrected chi connectivity index (χ2v) is 6.65. The van der Waals surface area contributed by atoms with Crippen molar-refractivity contribution < 1.29 is 18.0 Å². The number of nitrogens with zero attached hydrogens (tertiary/aromatic N) is 3. The Hall–Kier alpha value is -2.81. The lowest BCUT2D eigenvalue weighted by Gasteiger charge is -2.11. The van der Waals surface area contributed by atoms with E-state index in [0.717, 1.165) is 15.6 Å². The van der Waals surface area contributed by atoms with Gasteiger partial charge < -0.3 is 5.32 Å². The molecule has 0 radical (unpaired) electrons. The first-order valence-corrected chi connectivity index (χ1v) is 8.99. The van der Waals surface area contributed by atoms with Crippen molar-refractivity contribution in [2.45, 2.75) is 11.1 Å². The molecule has 2 aromatic carbocycles. The highest BCUT2D eigenvalue weighted by Crippen LogP contribution is 2.33. The van der Waals surface area contributed by atoms with Gasteiger partial charge in [0.25, 0.3) is 5.91 Å². The third-order valence-corrected chi connectivity index (χ3v) is 4.60. The lowest BCUT2D eigenvalue weighted by atomic mass is 10.1. The Morgan fingerprint density at radius 1 is 1.07 bits per heavy atom. The van der Waals surface area contributed by atoms with Crippen LogP contribution in [0.15, 0.2) is 65.7 Å². The van der Waals surface area contributed by atoms with Crippen LogP contribution in [0.5, 0.6) is 0 Å². The fourth-order valence-electron chi connectivity index (χ4n) is 2.34. The van der Waals surface area contributed by atoms with E-state index in [1.165, 1.54) is 24.4 Å². The summed E-state index contributed by atoms with van der Waals surface area (Å²) in [4.78, 5) is 13.2. The number of carbonyl (C=O) groups is 1. The van der Waals surface area contributed by atoms with Gasteiger partial charge in [0.15, 0.2) is 5.69 Å². The molecule has 0 aliphatic carbocycles. The largest absolute Gasteiger partial charge is 0.418 e. The van der Waals surface area contributed by atoms with E-state index in [0.29, 0.717) is 12.3 Å².